The van der Waals surface area contributed by atoms with Crippen LogP contribution < -0.4 is 14.4 Å². The first-order chi connectivity index (χ1) is 15.2. The minimum absolute atomic E-state index is 0.0853. The number of nitrogens with zero attached hydrogens (tertiary/aromatic N) is 6. The van der Waals surface area contributed by atoms with Gasteiger partial charge in [-0.05, 0) is 24.3 Å². The van der Waals surface area contributed by atoms with Gasteiger partial charge in [-0.1, -0.05) is 5.18 Å². The molecule has 156 valence electrons. The first-order valence-corrected chi connectivity index (χ1v) is 9.56. The van der Waals surface area contributed by atoms with Gasteiger partial charge < -0.3 is 14.4 Å². The van der Waals surface area contributed by atoms with Crippen molar-refractivity contribution in [2.75, 3.05) is 32.2 Å². The Kier molecular flexibility index (Phi) is 5.93. The van der Waals surface area contributed by atoms with Crippen molar-refractivity contribution in [2.24, 2.45) is 5.18 Å². The molecule has 0 unspecified atom stereocenters. The van der Waals surface area contributed by atoms with E-state index < -0.39 is 0 Å². The Hall–Kier alpha value is -4.14. The van der Waals surface area contributed by atoms with E-state index in [1.54, 1.807) is 38.9 Å². The quantitative estimate of drug-likeness (QED) is 0.397. The highest BCUT2D eigenvalue weighted by Gasteiger charge is 2.15. The van der Waals surface area contributed by atoms with Crippen LogP contribution in [0.5, 0.6) is 11.5 Å². The molecule has 0 saturated heterocycles. The smallest absolute Gasteiger partial charge is 0.180 e. The molecule has 0 atom stereocenters. The van der Waals surface area contributed by atoms with Gasteiger partial charge in [0.25, 0.3) is 0 Å². The fourth-order valence-electron chi connectivity index (χ4n) is 3.16. The maximum absolute atomic E-state index is 10.9. The van der Waals surface area contributed by atoms with Crippen LogP contribution >= 0.6 is 0 Å². The zero-order chi connectivity index (χ0) is 21.6. The van der Waals surface area contributed by atoms with E-state index in [9.17, 15) is 4.91 Å². The summed E-state index contributed by atoms with van der Waals surface area (Å²) in [7, 11) is 3.17. The van der Waals surface area contributed by atoms with Crippen molar-refractivity contribution in [2.45, 2.75) is 0 Å². The predicted octanol–water partition coefficient (Wildman–Crippen LogP) is 4.01. The van der Waals surface area contributed by atoms with Crippen LogP contribution in [-0.4, -0.2) is 47.2 Å². The third-order valence-electron chi connectivity index (χ3n) is 4.71. The molecule has 3 aromatic heterocycles. The Bertz CT molecular complexity index is 1180. The number of anilines is 2. The molecule has 0 amide bonds. The molecule has 4 aromatic rings. The molecule has 31 heavy (non-hydrogen) atoms. The van der Waals surface area contributed by atoms with Crippen LogP contribution in [0.15, 0.2) is 66.2 Å². The monoisotopic (exact) mass is 416 g/mol. The summed E-state index contributed by atoms with van der Waals surface area (Å²) < 4.78 is 10.8. The van der Waals surface area contributed by atoms with Crippen LogP contribution in [0, 0.1) is 4.91 Å². The summed E-state index contributed by atoms with van der Waals surface area (Å²) in [6.07, 6.45) is 5.12. The lowest BCUT2D eigenvalue weighted by molar-refractivity contribution is 0.394. The maximum Gasteiger partial charge on any atom is 0.180 e. The summed E-state index contributed by atoms with van der Waals surface area (Å²) in [4.78, 5) is 30.6. The number of hydrogen-bond donors (Lipinski definition) is 0. The molecular weight excluding hydrogens is 396 g/mol. The van der Waals surface area contributed by atoms with E-state index in [1.165, 1.54) is 0 Å². The lowest BCUT2D eigenvalue weighted by Crippen LogP contribution is -2.21. The average molecular weight is 416 g/mol. The molecular formula is C22H20N6O3. The van der Waals surface area contributed by atoms with E-state index in [-0.39, 0.29) is 6.54 Å². The summed E-state index contributed by atoms with van der Waals surface area (Å²) in [6.45, 7) is 0.414. The molecule has 0 fully saturated rings. The van der Waals surface area contributed by atoms with Gasteiger partial charge >= 0.3 is 0 Å². The topological polar surface area (TPSA) is 103 Å². The number of aromatic nitrogens is 4. The van der Waals surface area contributed by atoms with Crippen LogP contribution in [0.4, 0.5) is 11.5 Å². The predicted molar refractivity (Wildman–Crippen MR) is 118 cm³/mol. The highest BCUT2D eigenvalue weighted by atomic mass is 16.5. The van der Waals surface area contributed by atoms with Gasteiger partial charge in [-0.25, -0.2) is 9.97 Å². The number of fused-ring (bicyclic) bond motifs is 1. The van der Waals surface area contributed by atoms with E-state index in [0.29, 0.717) is 40.7 Å². The van der Waals surface area contributed by atoms with E-state index in [4.69, 9.17) is 14.5 Å². The van der Waals surface area contributed by atoms with Gasteiger partial charge in [0, 0.05) is 48.4 Å². The van der Waals surface area contributed by atoms with Crippen LogP contribution in [0.25, 0.3) is 22.4 Å². The van der Waals surface area contributed by atoms with Crippen LogP contribution in [-0.2, 0) is 0 Å². The van der Waals surface area contributed by atoms with Gasteiger partial charge in [0.15, 0.2) is 5.65 Å². The van der Waals surface area contributed by atoms with E-state index in [0.717, 1.165) is 11.3 Å². The second kappa shape index (κ2) is 9.12. The summed E-state index contributed by atoms with van der Waals surface area (Å²) in [5, 5.41) is 3.01. The molecule has 0 N–H and O–H groups in total. The van der Waals surface area contributed by atoms with Crippen LogP contribution in [0.3, 0.4) is 0 Å². The number of methoxy groups -OCH3 is 2. The number of hydrogen-bond acceptors (Lipinski definition) is 9. The molecule has 9 heteroatoms. The van der Waals surface area contributed by atoms with Crippen molar-refractivity contribution in [3.8, 4) is 22.8 Å². The molecule has 0 aliphatic heterocycles. The molecule has 0 bridgehead atoms. The number of rotatable bonds is 8. The van der Waals surface area contributed by atoms with Crippen molar-refractivity contribution < 1.29 is 9.47 Å². The highest BCUT2D eigenvalue weighted by Crippen LogP contribution is 2.32. The Morgan fingerprint density at radius 2 is 1.71 bits per heavy atom. The first kappa shape index (κ1) is 20.1. The van der Waals surface area contributed by atoms with Gasteiger partial charge in [-0.3, -0.25) is 9.97 Å². The van der Waals surface area contributed by atoms with Crippen LogP contribution in [0.1, 0.15) is 0 Å². The fraction of sp³-hybridized carbons (Fsp3) is 0.182. The molecule has 1 aromatic carbocycles. The summed E-state index contributed by atoms with van der Waals surface area (Å²) in [6, 6.07) is 12.9. The number of nitroso groups, excluding NO2 is 1. The van der Waals surface area contributed by atoms with Gasteiger partial charge in [0.1, 0.15) is 22.8 Å². The number of pyridine rings is 2. The van der Waals surface area contributed by atoms with E-state index >= 15 is 0 Å². The third kappa shape index (κ3) is 4.40. The zero-order valence-corrected chi connectivity index (χ0v) is 17.1. The number of ether oxygens (including phenoxy) is 2. The molecule has 0 saturated carbocycles. The molecule has 0 aliphatic rings. The van der Waals surface area contributed by atoms with Crippen molar-refractivity contribution in [3.05, 3.63) is 66.0 Å². The van der Waals surface area contributed by atoms with Crippen molar-refractivity contribution in [1.29, 1.82) is 0 Å². The molecule has 0 spiro atoms. The Labute approximate surface area is 178 Å². The summed E-state index contributed by atoms with van der Waals surface area (Å²) in [5.74, 6) is 1.85. The minimum Gasteiger partial charge on any atom is -0.497 e. The van der Waals surface area contributed by atoms with Gasteiger partial charge in [0.05, 0.1) is 32.7 Å². The lowest BCUT2D eigenvalue weighted by atomic mass is 10.2. The first-order valence-electron chi connectivity index (χ1n) is 9.56. The largest absolute Gasteiger partial charge is 0.497 e. The maximum atomic E-state index is 10.9. The highest BCUT2D eigenvalue weighted by molar-refractivity contribution is 5.77. The lowest BCUT2D eigenvalue weighted by Gasteiger charge is -2.24. The second-order valence-electron chi connectivity index (χ2n) is 6.58. The third-order valence-corrected chi connectivity index (χ3v) is 4.71. The van der Waals surface area contributed by atoms with Crippen molar-refractivity contribution in [3.63, 3.8) is 0 Å². The summed E-state index contributed by atoms with van der Waals surface area (Å²) in [5.41, 5.74) is 3.51. The van der Waals surface area contributed by atoms with Crippen LogP contribution in [0.2, 0.25) is 0 Å². The Morgan fingerprint density at radius 3 is 2.39 bits per heavy atom. The number of benzene rings is 1. The van der Waals surface area contributed by atoms with Gasteiger partial charge in [-0.15, -0.1) is 0 Å². The second-order valence-corrected chi connectivity index (χ2v) is 6.58. The zero-order valence-electron chi connectivity index (χ0n) is 17.1. The minimum atomic E-state index is 0.0853. The normalized spacial score (nSPS) is 10.6. The molecule has 4 rings (SSSR count). The van der Waals surface area contributed by atoms with E-state index in [2.05, 4.69) is 20.1 Å². The molecule has 9 nitrogen and oxygen atoms in total. The Morgan fingerprint density at radius 1 is 0.968 bits per heavy atom. The molecule has 0 radical (unpaired) electrons. The summed E-state index contributed by atoms with van der Waals surface area (Å²) >= 11 is 0. The average Bonchev–Trinajstić information content (AvgIpc) is 2.84. The van der Waals surface area contributed by atoms with E-state index in [1.807, 2.05) is 41.3 Å². The molecule has 0 aliphatic carbocycles. The van der Waals surface area contributed by atoms with Gasteiger partial charge in [0.2, 0.25) is 0 Å². The SMILES string of the molecule is COc1cc(OC)cc(N(CCN=O)c2ccc3ncc(-c4ccncc4)nc3n2)c1. The van der Waals surface area contributed by atoms with Crippen molar-refractivity contribution >= 4 is 22.7 Å². The van der Waals surface area contributed by atoms with Crippen molar-refractivity contribution in [1.82, 2.24) is 19.9 Å². The fourth-order valence-corrected chi connectivity index (χ4v) is 3.16. The van der Waals surface area contributed by atoms with Gasteiger partial charge in [-0.2, -0.15) is 4.91 Å². The standard InChI is InChI=1S/C22H20N6O3/c1-30-17-11-16(12-18(13-17)31-2)28(10-9-25-29)21-4-3-19-22(27-21)26-20(14-24-19)15-5-7-23-8-6-15/h3-8,11-14H,9-10H2,1-2H3. The molecule has 3 heterocycles. The Balaban J connectivity index is 1.79.